The van der Waals surface area contributed by atoms with Gasteiger partial charge in [0.05, 0.1) is 36.2 Å². The molecule has 0 spiro atoms. The van der Waals surface area contributed by atoms with Crippen LogP contribution in [0.3, 0.4) is 0 Å². The second kappa shape index (κ2) is 15.9. The molecule has 2 atom stereocenters. The number of ether oxygens (including phenoxy) is 2. The van der Waals surface area contributed by atoms with Gasteiger partial charge in [-0.2, -0.15) is 0 Å². The van der Waals surface area contributed by atoms with E-state index in [4.69, 9.17) is 37.7 Å². The third kappa shape index (κ3) is 7.52. The van der Waals surface area contributed by atoms with Gasteiger partial charge < -0.3 is 34.9 Å². The fourth-order valence-electron chi connectivity index (χ4n) is 7.98. The average Bonchev–Trinajstić information content (AvgIpc) is 3.74. The van der Waals surface area contributed by atoms with Gasteiger partial charge in [-0.3, -0.25) is 9.69 Å². The summed E-state index contributed by atoms with van der Waals surface area (Å²) in [5.41, 5.74) is 6.37. The molecule has 0 saturated heterocycles. The highest BCUT2D eigenvalue weighted by Crippen LogP contribution is 2.45. The predicted molar refractivity (Wildman–Crippen MR) is 203 cm³/mol. The topological polar surface area (TPSA) is 121 Å². The Morgan fingerprint density at radius 2 is 1.81 bits per heavy atom. The lowest BCUT2D eigenvalue weighted by Crippen LogP contribution is -2.39. The molecule has 1 saturated carbocycles. The van der Waals surface area contributed by atoms with Crippen LogP contribution in [0.15, 0.2) is 42.5 Å². The number of benzene rings is 3. The highest BCUT2D eigenvalue weighted by molar-refractivity contribution is 6.36. The molecule has 3 aromatic carbocycles. The second-order valence-corrected chi connectivity index (χ2v) is 15.1. The van der Waals surface area contributed by atoms with Crippen molar-refractivity contribution in [3.8, 4) is 22.6 Å². The molecule has 1 aromatic heterocycles. The largest absolute Gasteiger partial charge is 0.496 e. The normalized spacial score (nSPS) is 20.5. The van der Waals surface area contributed by atoms with Crippen molar-refractivity contribution in [1.82, 2.24) is 19.8 Å². The van der Waals surface area contributed by atoms with E-state index in [1.165, 1.54) is 7.11 Å². The maximum absolute atomic E-state index is 15.8. The van der Waals surface area contributed by atoms with E-state index in [-0.39, 0.29) is 54.1 Å². The highest BCUT2D eigenvalue weighted by atomic mass is 35.5. The predicted octanol–water partition coefficient (Wildman–Crippen LogP) is 6.99. The zero-order valence-corrected chi connectivity index (χ0v) is 31.7. The van der Waals surface area contributed by atoms with Gasteiger partial charge in [-0.05, 0) is 68.2 Å². The number of rotatable bonds is 11. The lowest BCUT2D eigenvalue weighted by atomic mass is 9.93. The number of methoxy groups -OCH3 is 1. The fraction of sp³-hybridized carbons (Fsp3) is 0.450. The van der Waals surface area contributed by atoms with Crippen LogP contribution in [-0.2, 0) is 33.0 Å². The maximum Gasteiger partial charge on any atom is 0.291 e. The van der Waals surface area contributed by atoms with E-state index in [0.29, 0.717) is 47.2 Å². The van der Waals surface area contributed by atoms with Crippen molar-refractivity contribution in [2.75, 3.05) is 25.6 Å². The first-order valence-electron chi connectivity index (χ1n) is 18.3. The smallest absolute Gasteiger partial charge is 0.291 e. The molecule has 53 heavy (non-hydrogen) atoms. The van der Waals surface area contributed by atoms with Gasteiger partial charge in [-0.1, -0.05) is 53.5 Å². The van der Waals surface area contributed by atoms with E-state index in [2.05, 4.69) is 15.5 Å². The van der Waals surface area contributed by atoms with Crippen LogP contribution in [-0.4, -0.2) is 69.0 Å². The Morgan fingerprint density at radius 3 is 2.57 bits per heavy atom. The number of carbonyl (C=O) groups is 1. The summed E-state index contributed by atoms with van der Waals surface area (Å²) < 4.78 is 29.6. The number of hydrogen-bond acceptors (Lipinski definition) is 8. The van der Waals surface area contributed by atoms with Crippen molar-refractivity contribution in [1.29, 1.82) is 0 Å². The summed E-state index contributed by atoms with van der Waals surface area (Å²) in [6.07, 6.45) is 4.54. The molecule has 2 aliphatic carbocycles. The molecule has 3 aliphatic rings. The average molecular weight is 767 g/mol. The minimum atomic E-state index is -0.578. The van der Waals surface area contributed by atoms with Crippen LogP contribution in [0.25, 0.3) is 11.1 Å². The van der Waals surface area contributed by atoms with Crippen molar-refractivity contribution in [2.45, 2.75) is 89.3 Å². The van der Waals surface area contributed by atoms with Crippen LogP contribution in [0.2, 0.25) is 10.0 Å². The standard InChI is InChI=1S/C40H46Cl2FN5O5/c1-22(21-49)48-17-16-32-31(20-48)45-39(47(32)2)40(51)46-30-9-5-8-28(36(30)41)25-6-4-7-27-26(25)14-15-33(27)53-35-18-34(52-3)29(38(43)37(35)42)19-44-23-10-12-24(50)13-11-23/h4-9,18,22-24,33,44,49-50H,10-17,19-21H2,1-3H3,(H,46,51)/t22?,23-,24-,33?. The summed E-state index contributed by atoms with van der Waals surface area (Å²) in [4.78, 5) is 20.4. The first-order valence-corrected chi connectivity index (χ1v) is 19.1. The van der Waals surface area contributed by atoms with E-state index in [1.807, 2.05) is 48.9 Å². The molecule has 0 radical (unpaired) electrons. The molecule has 4 aromatic rings. The summed E-state index contributed by atoms with van der Waals surface area (Å²) in [5.74, 6) is -0.0675. The van der Waals surface area contributed by atoms with Gasteiger partial charge in [0, 0.05) is 68.1 Å². The summed E-state index contributed by atoms with van der Waals surface area (Å²) in [7, 11) is 3.35. The Bertz CT molecular complexity index is 2000. The number of aliphatic hydroxyl groups excluding tert-OH is 2. The second-order valence-electron chi connectivity index (χ2n) is 14.3. The van der Waals surface area contributed by atoms with E-state index < -0.39 is 5.82 Å². The molecule has 1 aliphatic heterocycles. The molecule has 2 heterocycles. The van der Waals surface area contributed by atoms with E-state index in [1.54, 1.807) is 12.1 Å². The number of hydrogen-bond donors (Lipinski definition) is 4. The molecule has 10 nitrogen and oxygen atoms in total. The molecule has 282 valence electrons. The monoisotopic (exact) mass is 765 g/mol. The van der Waals surface area contributed by atoms with Crippen molar-refractivity contribution in [2.24, 2.45) is 7.05 Å². The summed E-state index contributed by atoms with van der Waals surface area (Å²) >= 11 is 13.6. The zero-order chi connectivity index (χ0) is 37.4. The number of nitrogens with zero attached hydrogens (tertiary/aromatic N) is 3. The maximum atomic E-state index is 15.8. The summed E-state index contributed by atoms with van der Waals surface area (Å²) in [6.45, 7) is 3.64. The third-order valence-corrected chi connectivity index (χ3v) is 11.9. The summed E-state index contributed by atoms with van der Waals surface area (Å²) in [5, 5.41) is 26.1. The van der Waals surface area contributed by atoms with Crippen molar-refractivity contribution in [3.63, 3.8) is 0 Å². The Morgan fingerprint density at radius 1 is 1.06 bits per heavy atom. The number of aliphatic hydroxyl groups is 2. The zero-order valence-electron chi connectivity index (χ0n) is 30.2. The van der Waals surface area contributed by atoms with Gasteiger partial charge >= 0.3 is 0 Å². The Kier molecular flexibility index (Phi) is 11.3. The van der Waals surface area contributed by atoms with E-state index in [0.717, 1.165) is 72.3 Å². The molecule has 0 bridgehead atoms. The molecular weight excluding hydrogens is 720 g/mol. The van der Waals surface area contributed by atoms with Gasteiger partial charge in [0.1, 0.15) is 22.6 Å². The molecule has 1 fully saturated rings. The number of imidazole rings is 1. The van der Waals surface area contributed by atoms with E-state index >= 15 is 4.39 Å². The van der Waals surface area contributed by atoms with Crippen LogP contribution >= 0.6 is 23.2 Å². The molecule has 7 rings (SSSR count). The minimum absolute atomic E-state index is 0.0117. The number of fused-ring (bicyclic) bond motifs is 2. The third-order valence-electron chi connectivity index (χ3n) is 11.1. The van der Waals surface area contributed by atoms with Crippen LogP contribution in [0, 0.1) is 5.82 Å². The Labute approximate surface area is 319 Å². The number of carbonyl (C=O) groups excluding carboxylic acids is 1. The van der Waals surface area contributed by atoms with Crippen LogP contribution in [0.5, 0.6) is 11.5 Å². The quantitative estimate of drug-likeness (QED) is 0.129. The highest BCUT2D eigenvalue weighted by Gasteiger charge is 2.31. The SMILES string of the molecule is COc1cc(OC2CCc3c(-c4cccc(NC(=O)c5nc6c(n5C)CCN(C(C)CO)C6)c4Cl)cccc32)c(Cl)c(F)c1CN[C@H]1CC[C@H](O)CC1. The number of aromatic nitrogens is 2. The Balaban J connectivity index is 1.08. The molecule has 1 amide bonds. The van der Waals surface area contributed by atoms with Crippen LogP contribution in [0.4, 0.5) is 10.1 Å². The Hall–Kier alpha value is -3.71. The first kappa shape index (κ1) is 37.6. The lowest BCUT2D eigenvalue weighted by Gasteiger charge is -2.30. The minimum Gasteiger partial charge on any atom is -0.496 e. The van der Waals surface area contributed by atoms with Crippen LogP contribution in [0.1, 0.15) is 83.8 Å². The molecule has 4 N–H and O–H groups in total. The van der Waals surface area contributed by atoms with Crippen molar-refractivity contribution < 1.29 is 28.9 Å². The van der Waals surface area contributed by atoms with Gasteiger partial charge in [-0.25, -0.2) is 9.37 Å². The molecule has 13 heteroatoms. The van der Waals surface area contributed by atoms with E-state index in [9.17, 15) is 15.0 Å². The molecule has 2 unspecified atom stereocenters. The lowest BCUT2D eigenvalue weighted by molar-refractivity contribution is 0.101. The van der Waals surface area contributed by atoms with Gasteiger partial charge in [0.25, 0.3) is 5.91 Å². The van der Waals surface area contributed by atoms with Gasteiger partial charge in [0.2, 0.25) is 0 Å². The fourth-order valence-corrected chi connectivity index (χ4v) is 8.47. The number of anilines is 1. The number of halogens is 3. The van der Waals surface area contributed by atoms with Crippen molar-refractivity contribution in [3.05, 3.63) is 92.2 Å². The summed E-state index contributed by atoms with van der Waals surface area (Å²) in [6, 6.07) is 13.4. The molecular formula is C40H46Cl2FN5O5. The van der Waals surface area contributed by atoms with Crippen LogP contribution < -0.4 is 20.1 Å². The van der Waals surface area contributed by atoms with Gasteiger partial charge in [-0.15, -0.1) is 0 Å². The number of nitrogens with one attached hydrogen (secondary N) is 2. The van der Waals surface area contributed by atoms with Crippen molar-refractivity contribution >= 4 is 34.8 Å². The first-order chi connectivity index (χ1) is 25.6. The number of amides is 1. The van der Waals surface area contributed by atoms with Gasteiger partial charge in [0.15, 0.2) is 11.6 Å².